The van der Waals surface area contributed by atoms with Crippen LogP contribution in [-0.2, 0) is 0 Å². The van der Waals surface area contributed by atoms with Crippen molar-refractivity contribution < 1.29 is 0 Å². The van der Waals surface area contributed by atoms with Crippen LogP contribution in [0, 0.1) is 0 Å². The van der Waals surface area contributed by atoms with Gasteiger partial charge in [0.15, 0.2) is 0 Å². The number of unbranched alkanes of at least 4 members (excludes halogenated alkanes) is 2. The molecular weight excluding hydrogens is 148 g/mol. The lowest BCUT2D eigenvalue weighted by Crippen LogP contribution is -2.12. The smallest absolute Gasteiger partial charge is 0.00555 e. The van der Waals surface area contributed by atoms with E-state index in [1.807, 2.05) is 0 Å². The molecule has 0 heterocycles. The highest BCUT2D eigenvalue weighted by atomic mass is 15.0. The van der Waals surface area contributed by atoms with E-state index in [2.05, 4.69) is 50.3 Å². The van der Waals surface area contributed by atoms with Gasteiger partial charge in [0.25, 0.3) is 0 Å². The molecule has 0 rings (SSSR count). The van der Waals surface area contributed by atoms with Crippen molar-refractivity contribution in [3.63, 3.8) is 0 Å². The predicted octanol–water partition coefficient (Wildman–Crippen LogP) is 1.79. The lowest BCUT2D eigenvalue weighted by Gasteiger charge is -2.07. The van der Waals surface area contributed by atoms with Gasteiger partial charge < -0.3 is 9.80 Å². The van der Waals surface area contributed by atoms with Crippen LogP contribution in [0.5, 0.6) is 0 Å². The van der Waals surface area contributed by atoms with Crippen molar-refractivity contribution in [1.29, 1.82) is 0 Å². The fourth-order valence-corrected chi connectivity index (χ4v) is 0.976. The lowest BCUT2D eigenvalue weighted by molar-refractivity contribution is 0.395. The Morgan fingerprint density at radius 1 is 1.00 bits per heavy atom. The third-order valence-electron chi connectivity index (χ3n) is 1.63. The van der Waals surface area contributed by atoms with Crippen LogP contribution in [0.3, 0.4) is 0 Å². The third-order valence-corrected chi connectivity index (χ3v) is 1.63. The van der Waals surface area contributed by atoms with E-state index in [0.29, 0.717) is 0 Å². The van der Waals surface area contributed by atoms with Gasteiger partial charge in [-0.2, -0.15) is 0 Å². The van der Waals surface area contributed by atoms with E-state index in [1.54, 1.807) is 0 Å². The second kappa shape index (κ2) is 7.17. The summed E-state index contributed by atoms with van der Waals surface area (Å²) < 4.78 is 0. The topological polar surface area (TPSA) is 6.48 Å². The summed E-state index contributed by atoms with van der Waals surface area (Å²) in [5.41, 5.74) is 0. The molecule has 0 N–H and O–H groups in total. The first-order valence-electron chi connectivity index (χ1n) is 4.60. The molecule has 2 nitrogen and oxygen atoms in total. The Morgan fingerprint density at radius 2 is 1.67 bits per heavy atom. The van der Waals surface area contributed by atoms with Crippen molar-refractivity contribution in [2.75, 3.05) is 34.7 Å². The molecule has 0 bridgehead atoms. The summed E-state index contributed by atoms with van der Waals surface area (Å²) in [6.07, 6.45) is 8.14. The van der Waals surface area contributed by atoms with Gasteiger partial charge in [-0.1, -0.05) is 6.08 Å². The van der Waals surface area contributed by atoms with E-state index in [9.17, 15) is 0 Å². The Hall–Kier alpha value is -0.500. The monoisotopic (exact) mass is 170 g/mol. The molecule has 0 aliphatic heterocycles. The van der Waals surface area contributed by atoms with Gasteiger partial charge in [0.1, 0.15) is 0 Å². The van der Waals surface area contributed by atoms with Crippen molar-refractivity contribution in [2.24, 2.45) is 0 Å². The van der Waals surface area contributed by atoms with Crippen LogP contribution in [0.1, 0.15) is 19.3 Å². The second-order valence-corrected chi connectivity index (χ2v) is 3.65. The number of nitrogens with zero attached hydrogens (tertiary/aromatic N) is 2. The highest BCUT2D eigenvalue weighted by Gasteiger charge is 1.88. The van der Waals surface area contributed by atoms with Crippen molar-refractivity contribution in [2.45, 2.75) is 19.3 Å². The van der Waals surface area contributed by atoms with E-state index in [0.717, 1.165) is 0 Å². The molecule has 0 aliphatic rings. The average molecular weight is 170 g/mol. The highest BCUT2D eigenvalue weighted by molar-refractivity contribution is 4.78. The Labute approximate surface area is 76.9 Å². The number of hydrogen-bond donors (Lipinski definition) is 0. The Kier molecular flexibility index (Phi) is 6.87. The van der Waals surface area contributed by atoms with Crippen LogP contribution in [-0.4, -0.2) is 44.5 Å². The first kappa shape index (κ1) is 11.5. The molecule has 0 aromatic rings. The van der Waals surface area contributed by atoms with Gasteiger partial charge in [-0.05, 0) is 46.1 Å². The van der Waals surface area contributed by atoms with E-state index >= 15 is 0 Å². The van der Waals surface area contributed by atoms with Gasteiger partial charge in [0.2, 0.25) is 0 Å². The van der Waals surface area contributed by atoms with Crippen LogP contribution in [0.4, 0.5) is 0 Å². The summed E-state index contributed by atoms with van der Waals surface area (Å²) in [7, 11) is 8.35. The van der Waals surface area contributed by atoms with E-state index in [4.69, 9.17) is 0 Å². The molecule has 0 saturated carbocycles. The van der Waals surface area contributed by atoms with E-state index in [1.165, 1.54) is 25.8 Å². The largest absolute Gasteiger partial charge is 0.384 e. The minimum Gasteiger partial charge on any atom is -0.384 e. The molecule has 0 aliphatic carbocycles. The first-order chi connectivity index (χ1) is 5.63. The van der Waals surface area contributed by atoms with Crippen LogP contribution in [0.25, 0.3) is 0 Å². The zero-order valence-corrected chi connectivity index (χ0v) is 8.88. The summed E-state index contributed by atoms with van der Waals surface area (Å²) in [4.78, 5) is 4.31. The maximum absolute atomic E-state index is 2.23. The fourth-order valence-electron chi connectivity index (χ4n) is 0.976. The standard InChI is InChI=1S/C10H22N2/c1-11(2)9-7-5-6-8-10-12(3)4/h7,9H,5-6,8,10H2,1-4H3/b9-7+. The summed E-state index contributed by atoms with van der Waals surface area (Å²) in [6, 6.07) is 0. The molecule has 2 heteroatoms. The van der Waals surface area contributed by atoms with Gasteiger partial charge in [-0.3, -0.25) is 0 Å². The fraction of sp³-hybridized carbons (Fsp3) is 0.800. The Balaban J connectivity index is 3.11. The lowest BCUT2D eigenvalue weighted by atomic mass is 10.2. The molecular formula is C10H22N2. The molecule has 12 heavy (non-hydrogen) atoms. The van der Waals surface area contributed by atoms with Crippen LogP contribution in [0.15, 0.2) is 12.3 Å². The van der Waals surface area contributed by atoms with Gasteiger partial charge in [0.05, 0.1) is 0 Å². The molecule has 0 unspecified atom stereocenters. The molecule has 0 saturated heterocycles. The quantitative estimate of drug-likeness (QED) is 0.561. The SMILES string of the molecule is CN(C)/C=C/CCCCN(C)C. The maximum Gasteiger partial charge on any atom is 0.00555 e. The summed E-state index contributed by atoms with van der Waals surface area (Å²) in [5, 5.41) is 0. The van der Waals surface area contributed by atoms with Gasteiger partial charge in [-0.25, -0.2) is 0 Å². The molecule has 0 aromatic carbocycles. The molecule has 0 amide bonds. The van der Waals surface area contributed by atoms with Crippen LogP contribution < -0.4 is 0 Å². The zero-order valence-electron chi connectivity index (χ0n) is 8.88. The molecule has 0 atom stereocenters. The normalized spacial score (nSPS) is 11.4. The predicted molar refractivity (Wildman–Crippen MR) is 55.2 cm³/mol. The molecule has 72 valence electrons. The molecule has 0 fully saturated rings. The number of hydrogen-bond acceptors (Lipinski definition) is 2. The Morgan fingerprint density at radius 3 is 2.17 bits per heavy atom. The van der Waals surface area contributed by atoms with Crippen molar-refractivity contribution >= 4 is 0 Å². The highest BCUT2D eigenvalue weighted by Crippen LogP contribution is 1.97. The zero-order chi connectivity index (χ0) is 9.40. The van der Waals surface area contributed by atoms with Crippen molar-refractivity contribution in [3.05, 3.63) is 12.3 Å². The van der Waals surface area contributed by atoms with Crippen molar-refractivity contribution in [3.8, 4) is 0 Å². The summed E-state index contributed by atoms with van der Waals surface area (Å²) >= 11 is 0. The van der Waals surface area contributed by atoms with Crippen molar-refractivity contribution in [1.82, 2.24) is 9.80 Å². The van der Waals surface area contributed by atoms with Gasteiger partial charge >= 0.3 is 0 Å². The minimum atomic E-state index is 1.20. The summed E-state index contributed by atoms with van der Waals surface area (Å²) in [5.74, 6) is 0. The molecule has 0 aromatic heterocycles. The molecule has 0 spiro atoms. The summed E-state index contributed by atoms with van der Waals surface area (Å²) in [6.45, 7) is 1.20. The van der Waals surface area contributed by atoms with Crippen LogP contribution in [0.2, 0.25) is 0 Å². The maximum atomic E-state index is 2.23. The average Bonchev–Trinajstić information content (AvgIpc) is 1.95. The second-order valence-electron chi connectivity index (χ2n) is 3.65. The van der Waals surface area contributed by atoms with E-state index < -0.39 is 0 Å². The van der Waals surface area contributed by atoms with Gasteiger partial charge in [0, 0.05) is 14.1 Å². The molecule has 0 radical (unpaired) electrons. The minimum absolute atomic E-state index is 1.20. The van der Waals surface area contributed by atoms with Crippen LogP contribution >= 0.6 is 0 Å². The Bertz CT molecular complexity index is 117. The first-order valence-corrected chi connectivity index (χ1v) is 4.60. The number of allylic oxidation sites excluding steroid dienone is 1. The third kappa shape index (κ3) is 9.50. The van der Waals surface area contributed by atoms with E-state index in [-0.39, 0.29) is 0 Å². The van der Waals surface area contributed by atoms with Gasteiger partial charge in [-0.15, -0.1) is 0 Å². The number of rotatable bonds is 6.